The molecular weight excluding hydrogens is 292 g/mol. The third-order valence-corrected chi connectivity index (χ3v) is 2.35. The summed E-state index contributed by atoms with van der Waals surface area (Å²) in [5.74, 6) is -1.60. The summed E-state index contributed by atoms with van der Waals surface area (Å²) in [4.78, 5) is 11.3. The molecule has 112 valence electrons. The number of rotatable bonds is 3. The molecule has 9 heteroatoms. The van der Waals surface area contributed by atoms with E-state index >= 15 is 0 Å². The van der Waals surface area contributed by atoms with Gasteiger partial charge in [0, 0.05) is 0 Å². The second kappa shape index (κ2) is 5.31. The number of carbonyl (C=O) groups excluding carboxylic acids is 1. The van der Waals surface area contributed by atoms with Crippen molar-refractivity contribution < 1.29 is 36.2 Å². The highest BCUT2D eigenvalue weighted by Crippen LogP contribution is 2.41. The van der Waals surface area contributed by atoms with Crippen molar-refractivity contribution in [2.45, 2.75) is 24.5 Å². The van der Waals surface area contributed by atoms with Crippen LogP contribution in [0.4, 0.5) is 26.3 Å². The van der Waals surface area contributed by atoms with Gasteiger partial charge in [-0.3, -0.25) is 4.79 Å². The van der Waals surface area contributed by atoms with Crippen LogP contribution in [0, 0.1) is 0 Å². The minimum atomic E-state index is -6.09. The molecule has 0 aliphatic carbocycles. The van der Waals surface area contributed by atoms with Gasteiger partial charge in [-0.1, -0.05) is 30.3 Å². The summed E-state index contributed by atoms with van der Waals surface area (Å²) in [6.07, 6.45) is -12.9. The molecule has 1 rings (SSSR count). The molecule has 0 saturated carbocycles. The van der Waals surface area contributed by atoms with Gasteiger partial charge in [-0.15, -0.1) is 0 Å². The standard InChI is InChI=1S/C11H9F6NO2/c12-10(13,14)9(20,11(15,16)17)18-8(19)6-7-4-2-1-3-5-7/h1-5,20H,6H2,(H,18,19). The Hall–Kier alpha value is -1.77. The second-order valence-corrected chi connectivity index (χ2v) is 3.92. The van der Waals surface area contributed by atoms with Crippen LogP contribution in [0.5, 0.6) is 0 Å². The number of aliphatic hydroxyl groups is 1. The molecule has 0 aliphatic heterocycles. The summed E-state index contributed by atoms with van der Waals surface area (Å²) in [5.41, 5.74) is -5.07. The fraction of sp³-hybridized carbons (Fsp3) is 0.364. The van der Waals surface area contributed by atoms with Gasteiger partial charge in [-0.25, -0.2) is 0 Å². The molecule has 20 heavy (non-hydrogen) atoms. The fourth-order valence-electron chi connectivity index (χ4n) is 1.33. The first kappa shape index (κ1) is 16.3. The van der Waals surface area contributed by atoms with Crippen molar-refractivity contribution in [2.24, 2.45) is 0 Å². The zero-order chi connectivity index (χ0) is 15.6. The minimum Gasteiger partial charge on any atom is -0.357 e. The van der Waals surface area contributed by atoms with Crippen LogP contribution in [0.2, 0.25) is 0 Å². The number of alkyl halides is 6. The largest absolute Gasteiger partial charge is 0.446 e. The second-order valence-electron chi connectivity index (χ2n) is 3.92. The maximum absolute atomic E-state index is 12.3. The molecule has 1 aromatic carbocycles. The zero-order valence-corrected chi connectivity index (χ0v) is 9.72. The third kappa shape index (κ3) is 3.41. The van der Waals surface area contributed by atoms with Crippen LogP contribution in [0.1, 0.15) is 5.56 Å². The van der Waals surface area contributed by atoms with E-state index < -0.39 is 30.4 Å². The van der Waals surface area contributed by atoms with Gasteiger partial charge < -0.3 is 10.4 Å². The number of benzene rings is 1. The van der Waals surface area contributed by atoms with Crippen LogP contribution in [0.15, 0.2) is 30.3 Å². The summed E-state index contributed by atoms with van der Waals surface area (Å²) in [6.45, 7) is 0. The van der Waals surface area contributed by atoms with Crippen LogP contribution >= 0.6 is 0 Å². The average Bonchev–Trinajstić information content (AvgIpc) is 2.26. The predicted molar refractivity (Wildman–Crippen MR) is 55.3 cm³/mol. The van der Waals surface area contributed by atoms with Crippen molar-refractivity contribution in [3.05, 3.63) is 35.9 Å². The topological polar surface area (TPSA) is 49.3 Å². The lowest BCUT2D eigenvalue weighted by atomic mass is 10.1. The highest BCUT2D eigenvalue weighted by molar-refractivity contribution is 5.79. The molecule has 0 spiro atoms. The molecule has 0 bridgehead atoms. The Bertz CT molecular complexity index is 454. The van der Waals surface area contributed by atoms with Gasteiger partial charge >= 0.3 is 18.1 Å². The van der Waals surface area contributed by atoms with E-state index in [4.69, 9.17) is 5.11 Å². The minimum absolute atomic E-state index is 0.205. The van der Waals surface area contributed by atoms with Gasteiger partial charge in [0.2, 0.25) is 5.91 Å². The first-order valence-corrected chi connectivity index (χ1v) is 5.18. The summed E-state index contributed by atoms with van der Waals surface area (Å²) < 4.78 is 73.9. The number of carbonyl (C=O) groups is 1. The van der Waals surface area contributed by atoms with Crippen LogP contribution in [-0.2, 0) is 11.2 Å². The monoisotopic (exact) mass is 301 g/mol. The number of halogens is 6. The van der Waals surface area contributed by atoms with Gasteiger partial charge in [0.1, 0.15) is 0 Å². The Labute approximate surface area is 109 Å². The normalized spacial score (nSPS) is 13.2. The molecule has 0 atom stereocenters. The number of hydrogen-bond donors (Lipinski definition) is 2. The summed E-state index contributed by atoms with van der Waals surface area (Å²) in [7, 11) is 0. The number of hydrogen-bond acceptors (Lipinski definition) is 2. The Morgan fingerprint density at radius 3 is 1.85 bits per heavy atom. The van der Waals surface area contributed by atoms with Crippen LogP contribution in [0.3, 0.4) is 0 Å². The zero-order valence-electron chi connectivity index (χ0n) is 9.72. The van der Waals surface area contributed by atoms with E-state index in [-0.39, 0.29) is 5.56 Å². The Morgan fingerprint density at radius 2 is 1.45 bits per heavy atom. The van der Waals surface area contributed by atoms with Crippen LogP contribution in [0.25, 0.3) is 0 Å². The number of nitrogens with one attached hydrogen (secondary N) is 1. The first-order chi connectivity index (χ1) is 8.97. The molecule has 0 heterocycles. The fourth-order valence-corrected chi connectivity index (χ4v) is 1.33. The van der Waals surface area contributed by atoms with E-state index in [1.54, 1.807) is 6.07 Å². The number of amides is 1. The van der Waals surface area contributed by atoms with E-state index in [1.807, 2.05) is 0 Å². The summed E-state index contributed by atoms with van der Waals surface area (Å²) in [5, 5.41) is 9.34. The van der Waals surface area contributed by atoms with Crippen molar-refractivity contribution in [1.82, 2.24) is 5.32 Å². The smallest absolute Gasteiger partial charge is 0.357 e. The van der Waals surface area contributed by atoms with E-state index in [0.717, 1.165) is 0 Å². The quantitative estimate of drug-likeness (QED) is 0.664. The Balaban J connectivity index is 2.90. The lowest BCUT2D eigenvalue weighted by Crippen LogP contribution is -2.67. The molecule has 0 saturated heterocycles. The molecule has 2 N–H and O–H groups in total. The van der Waals surface area contributed by atoms with Crippen LogP contribution < -0.4 is 5.32 Å². The Kier molecular flexibility index (Phi) is 4.33. The SMILES string of the molecule is O=C(Cc1ccccc1)NC(O)(C(F)(F)F)C(F)(F)F. The van der Waals surface area contributed by atoms with Crippen molar-refractivity contribution in [3.8, 4) is 0 Å². The van der Waals surface area contributed by atoms with E-state index in [1.165, 1.54) is 24.3 Å². The third-order valence-electron chi connectivity index (χ3n) is 2.35. The van der Waals surface area contributed by atoms with E-state index in [2.05, 4.69) is 0 Å². The van der Waals surface area contributed by atoms with Gasteiger partial charge in [0.05, 0.1) is 6.42 Å². The van der Waals surface area contributed by atoms with Crippen molar-refractivity contribution in [3.63, 3.8) is 0 Å². The molecular formula is C11H9F6NO2. The molecule has 3 nitrogen and oxygen atoms in total. The van der Waals surface area contributed by atoms with Gasteiger partial charge in [-0.05, 0) is 5.56 Å². The molecule has 0 aromatic heterocycles. The van der Waals surface area contributed by atoms with Gasteiger partial charge in [-0.2, -0.15) is 26.3 Å². The molecule has 1 aromatic rings. The van der Waals surface area contributed by atoms with Gasteiger partial charge in [0.25, 0.3) is 0 Å². The van der Waals surface area contributed by atoms with Crippen LogP contribution in [-0.4, -0.2) is 29.1 Å². The molecule has 0 unspecified atom stereocenters. The highest BCUT2D eigenvalue weighted by Gasteiger charge is 2.71. The summed E-state index contributed by atoms with van der Waals surface area (Å²) >= 11 is 0. The Morgan fingerprint density at radius 1 is 1.00 bits per heavy atom. The average molecular weight is 301 g/mol. The van der Waals surface area contributed by atoms with E-state index in [0.29, 0.717) is 5.32 Å². The van der Waals surface area contributed by atoms with Crippen molar-refractivity contribution in [2.75, 3.05) is 0 Å². The lowest BCUT2D eigenvalue weighted by molar-refractivity contribution is -0.376. The molecule has 0 radical (unpaired) electrons. The molecule has 0 aliphatic rings. The predicted octanol–water partition coefficient (Wildman–Crippen LogP) is 2.16. The highest BCUT2D eigenvalue weighted by atomic mass is 19.4. The maximum atomic E-state index is 12.3. The van der Waals surface area contributed by atoms with Gasteiger partial charge in [0.15, 0.2) is 0 Å². The maximum Gasteiger partial charge on any atom is 0.446 e. The lowest BCUT2D eigenvalue weighted by Gasteiger charge is -2.32. The molecule has 1 amide bonds. The van der Waals surface area contributed by atoms with Crippen molar-refractivity contribution >= 4 is 5.91 Å². The molecule has 0 fully saturated rings. The summed E-state index contributed by atoms with van der Waals surface area (Å²) in [6, 6.07) is 7.17. The van der Waals surface area contributed by atoms with Crippen molar-refractivity contribution in [1.29, 1.82) is 0 Å². The first-order valence-electron chi connectivity index (χ1n) is 5.18. The van der Waals surface area contributed by atoms with E-state index in [9.17, 15) is 31.1 Å².